The molecule has 0 unspecified atom stereocenters. The summed E-state index contributed by atoms with van der Waals surface area (Å²) in [5.41, 5.74) is 1.23. The Morgan fingerprint density at radius 1 is 1.37 bits per heavy atom. The summed E-state index contributed by atoms with van der Waals surface area (Å²) in [6.45, 7) is 1.62. The largest absolute Gasteiger partial charge is 0.478 e. The first-order valence-corrected chi connectivity index (χ1v) is 6.19. The Morgan fingerprint density at radius 3 is 2.68 bits per heavy atom. The second-order valence-corrected chi connectivity index (χ2v) is 4.74. The Hall–Kier alpha value is -1.95. The number of rotatable bonds is 3. The number of aromatic carboxylic acids is 1. The van der Waals surface area contributed by atoms with Gasteiger partial charge < -0.3 is 10.4 Å². The zero-order chi connectivity index (χ0) is 14.0. The van der Waals surface area contributed by atoms with Gasteiger partial charge in [-0.3, -0.25) is 0 Å². The zero-order valence-corrected chi connectivity index (χ0v) is 11.5. The number of aryl methyl sites for hydroxylation is 1. The van der Waals surface area contributed by atoms with E-state index in [0.29, 0.717) is 21.7 Å². The number of benzene rings is 1. The summed E-state index contributed by atoms with van der Waals surface area (Å²) in [4.78, 5) is 15.0. The van der Waals surface area contributed by atoms with Crippen LogP contribution in [0.4, 0.5) is 15.9 Å². The summed E-state index contributed by atoms with van der Waals surface area (Å²) in [7, 11) is 0. The van der Waals surface area contributed by atoms with E-state index in [1.54, 1.807) is 25.1 Å². The summed E-state index contributed by atoms with van der Waals surface area (Å²) in [6, 6.07) is 7.52. The predicted molar refractivity (Wildman–Crippen MR) is 73.3 cm³/mol. The number of nitrogens with zero attached hydrogens (tertiary/aromatic N) is 1. The Morgan fingerprint density at radius 2 is 2.11 bits per heavy atom. The van der Waals surface area contributed by atoms with Crippen LogP contribution in [-0.4, -0.2) is 16.1 Å². The maximum absolute atomic E-state index is 13.1. The van der Waals surface area contributed by atoms with Crippen LogP contribution in [-0.2, 0) is 0 Å². The fourth-order valence-corrected chi connectivity index (χ4v) is 1.96. The van der Waals surface area contributed by atoms with E-state index >= 15 is 0 Å². The van der Waals surface area contributed by atoms with E-state index in [4.69, 9.17) is 5.11 Å². The molecule has 1 aromatic carbocycles. The lowest BCUT2D eigenvalue weighted by molar-refractivity contribution is 0.0695. The minimum absolute atomic E-state index is 0.158. The molecule has 0 amide bonds. The second kappa shape index (κ2) is 5.36. The highest BCUT2D eigenvalue weighted by atomic mass is 79.9. The van der Waals surface area contributed by atoms with Crippen LogP contribution in [0.1, 0.15) is 16.1 Å². The Kier molecular flexibility index (Phi) is 3.80. The minimum Gasteiger partial charge on any atom is -0.478 e. The molecule has 0 radical (unpaired) electrons. The minimum atomic E-state index is -1.01. The summed E-state index contributed by atoms with van der Waals surface area (Å²) in [5, 5.41) is 11.9. The third kappa shape index (κ3) is 3.08. The average molecular weight is 325 g/mol. The van der Waals surface area contributed by atoms with Crippen LogP contribution >= 0.6 is 15.9 Å². The molecule has 0 spiro atoms. The van der Waals surface area contributed by atoms with Gasteiger partial charge in [-0.15, -0.1) is 0 Å². The molecule has 0 aliphatic heterocycles. The van der Waals surface area contributed by atoms with Gasteiger partial charge >= 0.3 is 5.97 Å². The highest BCUT2D eigenvalue weighted by Gasteiger charge is 2.09. The molecular weight excluding hydrogens is 315 g/mol. The van der Waals surface area contributed by atoms with E-state index in [1.165, 1.54) is 12.1 Å². The van der Waals surface area contributed by atoms with Crippen molar-refractivity contribution in [2.75, 3.05) is 5.32 Å². The first-order chi connectivity index (χ1) is 8.97. The lowest BCUT2D eigenvalue weighted by atomic mass is 10.2. The molecule has 19 heavy (non-hydrogen) atoms. The summed E-state index contributed by atoms with van der Waals surface area (Å²) >= 11 is 3.09. The normalized spacial score (nSPS) is 10.3. The van der Waals surface area contributed by atoms with Gasteiger partial charge in [0.2, 0.25) is 0 Å². The van der Waals surface area contributed by atoms with E-state index in [1.807, 2.05) is 0 Å². The third-order valence-corrected chi connectivity index (χ3v) is 3.12. The van der Waals surface area contributed by atoms with Crippen LogP contribution in [0.15, 0.2) is 34.8 Å². The number of nitrogens with one attached hydrogen (secondary N) is 1. The lowest BCUT2D eigenvalue weighted by Gasteiger charge is -2.08. The molecule has 98 valence electrons. The van der Waals surface area contributed by atoms with Crippen molar-refractivity contribution in [1.29, 1.82) is 0 Å². The fourth-order valence-electron chi connectivity index (χ4n) is 1.58. The van der Waals surface area contributed by atoms with E-state index in [2.05, 4.69) is 26.2 Å². The Balaban J connectivity index is 2.26. The van der Waals surface area contributed by atoms with Gasteiger partial charge in [-0.25, -0.2) is 14.2 Å². The highest BCUT2D eigenvalue weighted by molar-refractivity contribution is 9.10. The molecule has 4 nitrogen and oxygen atoms in total. The first-order valence-electron chi connectivity index (χ1n) is 5.40. The number of halogens is 2. The molecule has 2 N–H and O–H groups in total. The number of pyridine rings is 1. The molecule has 0 saturated heterocycles. The fraction of sp³-hybridized carbons (Fsp3) is 0.0769. The SMILES string of the molecule is Cc1nc(Nc2ccc(F)c(Br)c2)ccc1C(=O)O. The number of carbonyl (C=O) groups is 1. The van der Waals surface area contributed by atoms with Gasteiger partial charge in [-0.2, -0.15) is 0 Å². The number of anilines is 2. The quantitative estimate of drug-likeness (QED) is 0.902. The van der Waals surface area contributed by atoms with Gasteiger partial charge in [0.15, 0.2) is 0 Å². The molecule has 0 atom stereocenters. The molecule has 1 aromatic heterocycles. The molecule has 0 saturated carbocycles. The van der Waals surface area contributed by atoms with Crippen LogP contribution in [0.2, 0.25) is 0 Å². The van der Waals surface area contributed by atoms with Crippen LogP contribution < -0.4 is 5.32 Å². The van der Waals surface area contributed by atoms with Crippen molar-refractivity contribution in [3.8, 4) is 0 Å². The molecule has 0 aliphatic carbocycles. The number of hydrogen-bond acceptors (Lipinski definition) is 3. The van der Waals surface area contributed by atoms with Crippen LogP contribution in [0.5, 0.6) is 0 Å². The molecule has 6 heteroatoms. The lowest BCUT2D eigenvalue weighted by Crippen LogP contribution is -2.03. The smallest absolute Gasteiger partial charge is 0.337 e. The molecule has 2 aromatic rings. The van der Waals surface area contributed by atoms with E-state index in [9.17, 15) is 9.18 Å². The molecule has 1 heterocycles. The van der Waals surface area contributed by atoms with E-state index < -0.39 is 5.97 Å². The van der Waals surface area contributed by atoms with Gasteiger partial charge in [-0.05, 0) is 53.2 Å². The molecule has 2 rings (SSSR count). The van der Waals surface area contributed by atoms with Gasteiger partial charge in [0.05, 0.1) is 15.7 Å². The Bertz CT molecular complexity index is 647. The molecular formula is C13H10BrFN2O2. The number of carboxylic acids is 1. The van der Waals surface area contributed by atoms with Crippen LogP contribution in [0, 0.1) is 12.7 Å². The van der Waals surface area contributed by atoms with Gasteiger partial charge in [0.25, 0.3) is 0 Å². The topological polar surface area (TPSA) is 62.2 Å². The van der Waals surface area contributed by atoms with Gasteiger partial charge in [0.1, 0.15) is 11.6 Å². The van der Waals surface area contributed by atoms with Crippen molar-refractivity contribution < 1.29 is 14.3 Å². The van der Waals surface area contributed by atoms with E-state index in [0.717, 1.165) is 0 Å². The Labute approximate surface area is 117 Å². The first kappa shape index (κ1) is 13.5. The monoisotopic (exact) mass is 324 g/mol. The van der Waals surface area contributed by atoms with Crippen molar-refractivity contribution in [3.63, 3.8) is 0 Å². The summed E-state index contributed by atoms with van der Waals surface area (Å²) < 4.78 is 13.4. The number of aromatic nitrogens is 1. The van der Waals surface area contributed by atoms with Crippen LogP contribution in [0.25, 0.3) is 0 Å². The second-order valence-electron chi connectivity index (χ2n) is 3.89. The molecule has 0 fully saturated rings. The number of hydrogen-bond donors (Lipinski definition) is 2. The van der Waals surface area contributed by atoms with Crippen molar-refractivity contribution in [2.24, 2.45) is 0 Å². The standard InChI is InChI=1S/C13H10BrFN2O2/c1-7-9(13(18)19)3-5-12(16-7)17-8-2-4-11(15)10(14)6-8/h2-6H,1H3,(H,16,17)(H,18,19). The van der Waals surface area contributed by atoms with Crippen molar-refractivity contribution in [1.82, 2.24) is 4.98 Å². The summed E-state index contributed by atoms with van der Waals surface area (Å²) in [5.74, 6) is -0.863. The third-order valence-electron chi connectivity index (χ3n) is 2.51. The maximum atomic E-state index is 13.1. The van der Waals surface area contributed by atoms with Gasteiger partial charge in [-0.1, -0.05) is 0 Å². The average Bonchev–Trinajstić information content (AvgIpc) is 2.33. The molecule has 0 aliphatic rings. The highest BCUT2D eigenvalue weighted by Crippen LogP contribution is 2.22. The maximum Gasteiger partial charge on any atom is 0.337 e. The summed E-state index contributed by atoms with van der Waals surface area (Å²) in [6.07, 6.45) is 0. The zero-order valence-electron chi connectivity index (χ0n) is 9.95. The predicted octanol–water partition coefficient (Wildman–Crippen LogP) is 3.73. The van der Waals surface area contributed by atoms with Gasteiger partial charge in [0, 0.05) is 5.69 Å². The van der Waals surface area contributed by atoms with Crippen molar-refractivity contribution in [3.05, 3.63) is 51.9 Å². The number of carboxylic acid groups (broad SMARTS) is 1. The van der Waals surface area contributed by atoms with Crippen molar-refractivity contribution >= 4 is 33.4 Å². The van der Waals surface area contributed by atoms with Crippen LogP contribution in [0.3, 0.4) is 0 Å². The van der Waals surface area contributed by atoms with E-state index in [-0.39, 0.29) is 11.4 Å². The van der Waals surface area contributed by atoms with Crippen molar-refractivity contribution in [2.45, 2.75) is 6.92 Å². The molecule has 0 bridgehead atoms.